The fourth-order valence-electron chi connectivity index (χ4n) is 4.82. The summed E-state index contributed by atoms with van der Waals surface area (Å²) in [5.74, 6) is 0.101. The Hall–Kier alpha value is -3.02. The van der Waals surface area contributed by atoms with Gasteiger partial charge < -0.3 is 20.4 Å². The van der Waals surface area contributed by atoms with Crippen LogP contribution in [0.15, 0.2) is 48.5 Å². The van der Waals surface area contributed by atoms with Crippen LogP contribution in [0.2, 0.25) is 0 Å². The van der Waals surface area contributed by atoms with E-state index < -0.39 is 0 Å². The van der Waals surface area contributed by atoms with Gasteiger partial charge in [-0.05, 0) is 60.2 Å². The first kappa shape index (κ1) is 24.1. The van der Waals surface area contributed by atoms with Crippen molar-refractivity contribution < 1.29 is 9.59 Å². The van der Waals surface area contributed by atoms with E-state index in [-0.39, 0.29) is 17.4 Å². The monoisotopic (exact) mass is 462 g/mol. The predicted molar refractivity (Wildman–Crippen MR) is 139 cm³/mol. The topological polar surface area (TPSA) is 64.7 Å². The highest BCUT2D eigenvalue weighted by atomic mass is 16.2. The third-order valence-corrected chi connectivity index (χ3v) is 7.00. The second-order valence-electron chi connectivity index (χ2n) is 10.6. The molecule has 2 N–H and O–H groups in total. The molecular formula is C28H38N4O2. The van der Waals surface area contributed by atoms with E-state index in [1.807, 2.05) is 41.3 Å². The first-order chi connectivity index (χ1) is 16.3. The number of anilines is 2. The standard InChI is InChI=1S/C28H38N4O2/c1-28(2,3)22-11-9-21(10-12-22)26(33)32-19-17-31(18-20-32)25-15-13-24(14-16-25)30-27(34)29-23-7-5-4-6-8-23/h9-16,23H,4-8,17-20H2,1-3H3,(H2,29,30,34). The van der Waals surface area contributed by atoms with E-state index in [0.29, 0.717) is 19.1 Å². The molecule has 1 aliphatic heterocycles. The van der Waals surface area contributed by atoms with Crippen molar-refractivity contribution in [1.82, 2.24) is 10.2 Å². The number of urea groups is 1. The molecule has 3 amide bonds. The Labute approximate surface area is 203 Å². The van der Waals surface area contributed by atoms with E-state index in [0.717, 1.165) is 42.9 Å². The third kappa shape index (κ3) is 6.10. The number of nitrogens with one attached hydrogen (secondary N) is 2. The quantitative estimate of drug-likeness (QED) is 0.639. The van der Waals surface area contributed by atoms with Gasteiger partial charge in [-0.25, -0.2) is 4.79 Å². The van der Waals surface area contributed by atoms with Crippen LogP contribution >= 0.6 is 0 Å². The second-order valence-corrected chi connectivity index (χ2v) is 10.6. The lowest BCUT2D eigenvalue weighted by atomic mass is 9.86. The van der Waals surface area contributed by atoms with Gasteiger partial charge >= 0.3 is 6.03 Å². The van der Waals surface area contributed by atoms with Crippen LogP contribution in [-0.4, -0.2) is 49.1 Å². The Morgan fingerprint density at radius 3 is 2.03 bits per heavy atom. The summed E-state index contributed by atoms with van der Waals surface area (Å²) >= 11 is 0. The molecule has 0 atom stereocenters. The van der Waals surface area contributed by atoms with Crippen molar-refractivity contribution in [2.75, 3.05) is 36.4 Å². The molecule has 2 fully saturated rings. The molecule has 1 saturated heterocycles. The molecule has 1 aliphatic carbocycles. The third-order valence-electron chi connectivity index (χ3n) is 7.00. The van der Waals surface area contributed by atoms with Crippen molar-refractivity contribution in [3.63, 3.8) is 0 Å². The van der Waals surface area contributed by atoms with Crippen molar-refractivity contribution >= 4 is 23.3 Å². The van der Waals surface area contributed by atoms with Crippen LogP contribution in [0.25, 0.3) is 0 Å². The number of carbonyl (C=O) groups is 2. The predicted octanol–water partition coefficient (Wildman–Crippen LogP) is 5.40. The number of amides is 3. The van der Waals surface area contributed by atoms with Crippen LogP contribution in [0.3, 0.4) is 0 Å². The molecule has 0 aromatic heterocycles. The Balaban J connectivity index is 1.26. The average molecular weight is 463 g/mol. The van der Waals surface area contributed by atoms with Crippen LogP contribution in [0.1, 0.15) is 68.8 Å². The van der Waals surface area contributed by atoms with Gasteiger partial charge in [-0.1, -0.05) is 52.2 Å². The number of nitrogens with zero attached hydrogens (tertiary/aromatic N) is 2. The largest absolute Gasteiger partial charge is 0.368 e. The van der Waals surface area contributed by atoms with E-state index in [4.69, 9.17) is 0 Å². The lowest BCUT2D eigenvalue weighted by Gasteiger charge is -2.36. The van der Waals surface area contributed by atoms with Gasteiger partial charge in [0.1, 0.15) is 0 Å². The summed E-state index contributed by atoms with van der Waals surface area (Å²) < 4.78 is 0. The van der Waals surface area contributed by atoms with Crippen molar-refractivity contribution in [3.05, 3.63) is 59.7 Å². The maximum atomic E-state index is 13.0. The molecule has 6 heteroatoms. The Bertz CT molecular complexity index is 965. The van der Waals surface area contributed by atoms with Gasteiger partial charge in [0, 0.05) is 49.2 Å². The Morgan fingerprint density at radius 2 is 1.44 bits per heavy atom. The van der Waals surface area contributed by atoms with Gasteiger partial charge in [0.05, 0.1) is 0 Å². The number of piperazine rings is 1. The molecule has 0 unspecified atom stereocenters. The molecule has 6 nitrogen and oxygen atoms in total. The molecule has 182 valence electrons. The first-order valence-electron chi connectivity index (χ1n) is 12.6. The summed E-state index contributed by atoms with van der Waals surface area (Å²) in [6, 6.07) is 16.2. The van der Waals surface area contributed by atoms with Gasteiger partial charge in [0.2, 0.25) is 0 Å². The first-order valence-corrected chi connectivity index (χ1v) is 12.6. The van der Waals surface area contributed by atoms with Crippen molar-refractivity contribution in [2.24, 2.45) is 0 Å². The summed E-state index contributed by atoms with van der Waals surface area (Å²) in [6.45, 7) is 9.52. The van der Waals surface area contributed by atoms with Crippen LogP contribution < -0.4 is 15.5 Å². The number of rotatable bonds is 4. The molecule has 34 heavy (non-hydrogen) atoms. The van der Waals surface area contributed by atoms with Crippen LogP contribution in [-0.2, 0) is 5.41 Å². The average Bonchev–Trinajstić information content (AvgIpc) is 2.84. The van der Waals surface area contributed by atoms with E-state index in [1.54, 1.807) is 0 Å². The minimum Gasteiger partial charge on any atom is -0.368 e. The smallest absolute Gasteiger partial charge is 0.319 e. The normalized spacial score (nSPS) is 17.4. The summed E-state index contributed by atoms with van der Waals surface area (Å²) in [7, 11) is 0. The van der Waals surface area contributed by atoms with E-state index in [1.165, 1.54) is 24.8 Å². The van der Waals surface area contributed by atoms with Crippen molar-refractivity contribution in [2.45, 2.75) is 64.3 Å². The highest BCUT2D eigenvalue weighted by molar-refractivity contribution is 5.94. The molecule has 1 heterocycles. The lowest BCUT2D eigenvalue weighted by Crippen LogP contribution is -2.48. The minimum atomic E-state index is -0.123. The summed E-state index contributed by atoms with van der Waals surface area (Å²) in [4.78, 5) is 29.5. The van der Waals surface area contributed by atoms with E-state index >= 15 is 0 Å². The van der Waals surface area contributed by atoms with Crippen molar-refractivity contribution in [1.29, 1.82) is 0 Å². The van der Waals surface area contributed by atoms with Gasteiger partial charge in [-0.15, -0.1) is 0 Å². The zero-order valence-corrected chi connectivity index (χ0v) is 20.8. The maximum absolute atomic E-state index is 13.0. The zero-order chi connectivity index (χ0) is 24.1. The second kappa shape index (κ2) is 10.5. The van der Waals surface area contributed by atoms with Crippen molar-refractivity contribution in [3.8, 4) is 0 Å². The number of carbonyl (C=O) groups excluding carboxylic acids is 2. The fraction of sp³-hybridized carbons (Fsp3) is 0.500. The van der Waals surface area contributed by atoms with Gasteiger partial charge in [-0.3, -0.25) is 4.79 Å². The highest BCUT2D eigenvalue weighted by Gasteiger charge is 2.23. The Kier molecular flexibility index (Phi) is 7.44. The summed E-state index contributed by atoms with van der Waals surface area (Å²) in [5, 5.41) is 6.04. The molecule has 4 rings (SSSR count). The van der Waals surface area contributed by atoms with E-state index in [9.17, 15) is 9.59 Å². The van der Waals surface area contributed by atoms with Crippen LogP contribution in [0, 0.1) is 0 Å². The molecule has 2 aromatic rings. The van der Waals surface area contributed by atoms with Gasteiger partial charge in [0.15, 0.2) is 0 Å². The fourth-order valence-corrected chi connectivity index (χ4v) is 4.82. The number of benzene rings is 2. The maximum Gasteiger partial charge on any atom is 0.319 e. The molecule has 0 spiro atoms. The van der Waals surface area contributed by atoms with Gasteiger partial charge in [-0.2, -0.15) is 0 Å². The summed E-state index contributed by atoms with van der Waals surface area (Å²) in [5.41, 5.74) is 3.98. The molecule has 1 saturated carbocycles. The summed E-state index contributed by atoms with van der Waals surface area (Å²) in [6.07, 6.45) is 5.81. The van der Waals surface area contributed by atoms with Crippen LogP contribution in [0.5, 0.6) is 0 Å². The number of hydrogen-bond donors (Lipinski definition) is 2. The molecule has 2 aliphatic rings. The minimum absolute atomic E-state index is 0.0808. The molecule has 2 aromatic carbocycles. The highest BCUT2D eigenvalue weighted by Crippen LogP contribution is 2.24. The molecule has 0 bridgehead atoms. The molecular weight excluding hydrogens is 424 g/mol. The Morgan fingerprint density at radius 1 is 0.824 bits per heavy atom. The van der Waals surface area contributed by atoms with Gasteiger partial charge in [0.25, 0.3) is 5.91 Å². The SMILES string of the molecule is CC(C)(C)c1ccc(C(=O)N2CCN(c3ccc(NC(=O)NC4CCCCC4)cc3)CC2)cc1. The zero-order valence-electron chi connectivity index (χ0n) is 20.8. The lowest BCUT2D eigenvalue weighted by molar-refractivity contribution is 0.0746. The molecule has 0 radical (unpaired) electrons. The van der Waals surface area contributed by atoms with E-state index in [2.05, 4.69) is 48.4 Å². The van der Waals surface area contributed by atoms with Crippen LogP contribution in [0.4, 0.5) is 16.2 Å². The number of hydrogen-bond acceptors (Lipinski definition) is 3.